The summed E-state index contributed by atoms with van der Waals surface area (Å²) in [5.41, 5.74) is 1.95. The standard InChI is InChI=1S/C14H14ClN3S/c15-10-3-4-12-13(8-10)18-14(17-12)9-16-6-5-11-2-1-7-19-11/h1-4,7-8,16H,5-6,9H2,(H,17,18). The minimum Gasteiger partial charge on any atom is -0.341 e. The Balaban J connectivity index is 1.56. The molecule has 98 valence electrons. The topological polar surface area (TPSA) is 40.7 Å². The highest BCUT2D eigenvalue weighted by molar-refractivity contribution is 7.09. The molecule has 0 aliphatic rings. The summed E-state index contributed by atoms with van der Waals surface area (Å²) in [6.45, 7) is 1.70. The Bertz CT molecular complexity index is 660. The maximum atomic E-state index is 5.95. The van der Waals surface area contributed by atoms with E-state index in [4.69, 9.17) is 11.6 Å². The van der Waals surface area contributed by atoms with Crippen molar-refractivity contribution >= 4 is 34.0 Å². The SMILES string of the molecule is Clc1ccc2nc(CNCCc3cccs3)[nH]c2c1. The number of benzene rings is 1. The summed E-state index contributed by atoms with van der Waals surface area (Å²) < 4.78 is 0. The third kappa shape index (κ3) is 3.15. The Hall–Kier alpha value is -1.36. The second kappa shape index (κ2) is 5.74. The Labute approximate surface area is 120 Å². The summed E-state index contributed by atoms with van der Waals surface area (Å²) >= 11 is 7.75. The molecule has 0 unspecified atom stereocenters. The Morgan fingerprint density at radius 1 is 1.32 bits per heavy atom. The van der Waals surface area contributed by atoms with Crippen LogP contribution >= 0.6 is 22.9 Å². The van der Waals surface area contributed by atoms with Crippen LogP contribution < -0.4 is 5.32 Å². The lowest BCUT2D eigenvalue weighted by molar-refractivity contribution is 0.669. The zero-order chi connectivity index (χ0) is 13.1. The number of fused-ring (bicyclic) bond motifs is 1. The number of aromatic nitrogens is 2. The molecule has 2 heterocycles. The summed E-state index contributed by atoms with van der Waals surface area (Å²) in [4.78, 5) is 9.20. The Kier molecular flexibility index (Phi) is 3.82. The monoisotopic (exact) mass is 291 g/mol. The number of imidazole rings is 1. The molecular weight excluding hydrogens is 278 g/mol. The van der Waals surface area contributed by atoms with Gasteiger partial charge in [0.1, 0.15) is 5.82 Å². The first kappa shape index (κ1) is 12.7. The molecule has 3 aromatic rings. The Morgan fingerprint density at radius 3 is 3.11 bits per heavy atom. The zero-order valence-corrected chi connectivity index (χ0v) is 11.9. The van der Waals surface area contributed by atoms with Crippen molar-refractivity contribution in [2.45, 2.75) is 13.0 Å². The largest absolute Gasteiger partial charge is 0.341 e. The molecule has 2 aromatic heterocycles. The van der Waals surface area contributed by atoms with E-state index >= 15 is 0 Å². The van der Waals surface area contributed by atoms with Crippen molar-refractivity contribution in [2.24, 2.45) is 0 Å². The number of thiophene rings is 1. The van der Waals surface area contributed by atoms with Crippen molar-refractivity contribution in [3.8, 4) is 0 Å². The second-order valence-electron chi connectivity index (χ2n) is 4.35. The van der Waals surface area contributed by atoms with Crippen molar-refractivity contribution in [1.29, 1.82) is 0 Å². The van der Waals surface area contributed by atoms with Crippen LogP contribution in [0.3, 0.4) is 0 Å². The predicted octanol–water partition coefficient (Wildman–Crippen LogP) is 3.61. The van der Waals surface area contributed by atoms with Gasteiger partial charge in [0, 0.05) is 16.4 Å². The van der Waals surface area contributed by atoms with Gasteiger partial charge >= 0.3 is 0 Å². The number of aromatic amines is 1. The quantitative estimate of drug-likeness (QED) is 0.705. The van der Waals surface area contributed by atoms with E-state index < -0.39 is 0 Å². The molecule has 0 fully saturated rings. The highest BCUT2D eigenvalue weighted by Gasteiger charge is 2.02. The van der Waals surface area contributed by atoms with Gasteiger partial charge in [0.25, 0.3) is 0 Å². The summed E-state index contributed by atoms with van der Waals surface area (Å²) in [6, 6.07) is 9.94. The molecule has 3 nitrogen and oxygen atoms in total. The van der Waals surface area contributed by atoms with Crippen molar-refractivity contribution in [1.82, 2.24) is 15.3 Å². The summed E-state index contributed by atoms with van der Waals surface area (Å²) in [7, 11) is 0. The van der Waals surface area contributed by atoms with E-state index in [1.165, 1.54) is 4.88 Å². The molecule has 0 saturated heterocycles. The van der Waals surface area contributed by atoms with Crippen LogP contribution in [0.25, 0.3) is 11.0 Å². The minimum atomic E-state index is 0.730. The van der Waals surface area contributed by atoms with Gasteiger partial charge in [0.05, 0.1) is 17.6 Å². The number of halogens is 1. The Morgan fingerprint density at radius 2 is 2.26 bits per heavy atom. The van der Waals surface area contributed by atoms with E-state index in [0.717, 1.165) is 41.4 Å². The molecule has 0 spiro atoms. The molecule has 2 N–H and O–H groups in total. The van der Waals surface area contributed by atoms with E-state index in [1.807, 2.05) is 18.2 Å². The lowest BCUT2D eigenvalue weighted by Gasteiger charge is -2.00. The number of rotatable bonds is 5. The molecule has 3 rings (SSSR count). The van der Waals surface area contributed by atoms with E-state index in [1.54, 1.807) is 11.3 Å². The van der Waals surface area contributed by atoms with Crippen molar-refractivity contribution in [2.75, 3.05) is 6.54 Å². The normalized spacial score (nSPS) is 11.2. The van der Waals surface area contributed by atoms with Gasteiger partial charge in [-0.15, -0.1) is 11.3 Å². The van der Waals surface area contributed by atoms with Crippen molar-refractivity contribution in [3.05, 3.63) is 51.4 Å². The molecule has 0 aliphatic carbocycles. The first-order chi connectivity index (χ1) is 9.31. The van der Waals surface area contributed by atoms with Gasteiger partial charge in [-0.1, -0.05) is 17.7 Å². The van der Waals surface area contributed by atoms with Crippen LogP contribution in [0.1, 0.15) is 10.7 Å². The molecule has 5 heteroatoms. The fourth-order valence-electron chi connectivity index (χ4n) is 1.99. The molecule has 1 aromatic carbocycles. The number of hydrogen-bond donors (Lipinski definition) is 2. The zero-order valence-electron chi connectivity index (χ0n) is 10.3. The lowest BCUT2D eigenvalue weighted by Crippen LogP contribution is -2.17. The van der Waals surface area contributed by atoms with Crippen LogP contribution in [-0.4, -0.2) is 16.5 Å². The van der Waals surface area contributed by atoms with E-state index in [0.29, 0.717) is 0 Å². The maximum Gasteiger partial charge on any atom is 0.121 e. The van der Waals surface area contributed by atoms with Crippen LogP contribution in [0.2, 0.25) is 5.02 Å². The van der Waals surface area contributed by atoms with Gasteiger partial charge < -0.3 is 10.3 Å². The summed E-state index contributed by atoms with van der Waals surface area (Å²) in [6.07, 6.45) is 1.06. The van der Waals surface area contributed by atoms with Crippen LogP contribution in [0.15, 0.2) is 35.7 Å². The average Bonchev–Trinajstić information content (AvgIpc) is 3.02. The van der Waals surface area contributed by atoms with E-state index in [2.05, 4.69) is 32.8 Å². The third-order valence-corrected chi connectivity index (χ3v) is 4.08. The first-order valence-electron chi connectivity index (χ1n) is 6.18. The molecule has 19 heavy (non-hydrogen) atoms. The van der Waals surface area contributed by atoms with Crippen molar-refractivity contribution < 1.29 is 0 Å². The van der Waals surface area contributed by atoms with Gasteiger partial charge in [-0.3, -0.25) is 0 Å². The van der Waals surface area contributed by atoms with Gasteiger partial charge in [0.15, 0.2) is 0 Å². The van der Waals surface area contributed by atoms with Crippen LogP contribution in [0, 0.1) is 0 Å². The summed E-state index contributed by atoms with van der Waals surface area (Å²) in [5.74, 6) is 0.948. The molecule has 0 atom stereocenters. The van der Waals surface area contributed by atoms with Crippen LogP contribution in [-0.2, 0) is 13.0 Å². The molecule has 0 saturated carbocycles. The number of nitrogens with zero attached hydrogens (tertiary/aromatic N) is 1. The highest BCUT2D eigenvalue weighted by Crippen LogP contribution is 2.17. The number of nitrogens with one attached hydrogen (secondary N) is 2. The van der Waals surface area contributed by atoms with Crippen LogP contribution in [0.4, 0.5) is 0 Å². The fourth-order valence-corrected chi connectivity index (χ4v) is 2.87. The summed E-state index contributed by atoms with van der Waals surface area (Å²) in [5, 5.41) is 6.23. The molecule has 0 aliphatic heterocycles. The van der Waals surface area contributed by atoms with E-state index in [9.17, 15) is 0 Å². The third-order valence-electron chi connectivity index (χ3n) is 2.91. The minimum absolute atomic E-state index is 0.730. The molecule has 0 radical (unpaired) electrons. The van der Waals surface area contributed by atoms with Crippen LogP contribution in [0.5, 0.6) is 0 Å². The van der Waals surface area contributed by atoms with Gasteiger partial charge in [0.2, 0.25) is 0 Å². The van der Waals surface area contributed by atoms with Gasteiger partial charge in [-0.05, 0) is 36.1 Å². The average molecular weight is 292 g/mol. The van der Waals surface area contributed by atoms with Crippen molar-refractivity contribution in [3.63, 3.8) is 0 Å². The van der Waals surface area contributed by atoms with Gasteiger partial charge in [-0.25, -0.2) is 4.98 Å². The maximum absolute atomic E-state index is 5.95. The van der Waals surface area contributed by atoms with Gasteiger partial charge in [-0.2, -0.15) is 0 Å². The second-order valence-corrected chi connectivity index (χ2v) is 5.82. The van der Waals surface area contributed by atoms with E-state index in [-0.39, 0.29) is 0 Å². The predicted molar refractivity (Wildman–Crippen MR) is 80.8 cm³/mol. The number of H-pyrrole nitrogens is 1. The highest BCUT2D eigenvalue weighted by atomic mass is 35.5. The fraction of sp³-hybridized carbons (Fsp3) is 0.214. The number of hydrogen-bond acceptors (Lipinski definition) is 3. The first-order valence-corrected chi connectivity index (χ1v) is 7.44. The molecule has 0 amide bonds. The smallest absolute Gasteiger partial charge is 0.121 e. The lowest BCUT2D eigenvalue weighted by atomic mass is 10.3. The molecular formula is C14H14ClN3S. The molecule has 0 bridgehead atoms.